The summed E-state index contributed by atoms with van der Waals surface area (Å²) in [5.41, 5.74) is 5.48. The molecule has 0 aromatic rings. The summed E-state index contributed by atoms with van der Waals surface area (Å²) in [5, 5.41) is 0. The molecular weight excluding hydrogens is 394 g/mol. The summed E-state index contributed by atoms with van der Waals surface area (Å²) in [6.07, 6.45) is -6.00. The number of primary amides is 1. The van der Waals surface area contributed by atoms with Crippen LogP contribution in [0.15, 0.2) is 0 Å². The largest absolute Gasteiger partial charge is 0.463 e. The summed E-state index contributed by atoms with van der Waals surface area (Å²) in [6.45, 7) is 5.18. The highest BCUT2D eigenvalue weighted by molar-refractivity contribution is 5.84. The fourth-order valence-electron chi connectivity index (χ4n) is 2.87. The first-order valence-electron chi connectivity index (χ1n) is 8.71. The van der Waals surface area contributed by atoms with E-state index < -0.39 is 66.6 Å². The molecule has 2 N–H and O–H groups in total. The smallest absolute Gasteiger partial charge is 0.303 e. The van der Waals surface area contributed by atoms with Gasteiger partial charge in [-0.3, -0.25) is 24.0 Å². The van der Waals surface area contributed by atoms with Crippen molar-refractivity contribution in [3.63, 3.8) is 0 Å². The van der Waals surface area contributed by atoms with Gasteiger partial charge < -0.3 is 34.2 Å². The van der Waals surface area contributed by atoms with Crippen molar-refractivity contribution in [2.45, 2.75) is 64.8 Å². The van der Waals surface area contributed by atoms with Crippen LogP contribution < -0.4 is 5.73 Å². The molecule has 0 radical (unpaired) electrons. The van der Waals surface area contributed by atoms with Gasteiger partial charge in [-0.25, -0.2) is 0 Å². The van der Waals surface area contributed by atoms with E-state index in [0.717, 1.165) is 27.7 Å². The van der Waals surface area contributed by atoms with E-state index in [0.29, 0.717) is 0 Å². The standard InChI is InChI=1S/C17H25NO11/c1-6-25-17(16(18)23)15(28-11(5)22)14(27-10(4)21)13(26-9(3)20)12(29-17)7-24-8(2)19/h12-15H,6-7H2,1-5H3,(H2,18,23)/t12-,13+,14+,15-,17+/m1/s1. The Morgan fingerprint density at radius 1 is 0.862 bits per heavy atom. The van der Waals surface area contributed by atoms with Crippen LogP contribution in [0.4, 0.5) is 0 Å². The van der Waals surface area contributed by atoms with Gasteiger partial charge in [-0.1, -0.05) is 0 Å². The molecule has 0 unspecified atom stereocenters. The molecule has 0 aliphatic carbocycles. The van der Waals surface area contributed by atoms with Crippen LogP contribution in [0, 0.1) is 0 Å². The third-order valence-corrected chi connectivity index (χ3v) is 3.74. The minimum absolute atomic E-state index is 0.119. The van der Waals surface area contributed by atoms with Crippen LogP contribution in [0.5, 0.6) is 0 Å². The lowest BCUT2D eigenvalue weighted by Crippen LogP contribution is -2.72. The molecule has 29 heavy (non-hydrogen) atoms. The van der Waals surface area contributed by atoms with Crippen molar-refractivity contribution in [3.8, 4) is 0 Å². The van der Waals surface area contributed by atoms with Gasteiger partial charge in [0.15, 0.2) is 12.2 Å². The van der Waals surface area contributed by atoms with Crippen LogP contribution in [0.2, 0.25) is 0 Å². The second-order valence-electron chi connectivity index (χ2n) is 6.10. The van der Waals surface area contributed by atoms with E-state index in [-0.39, 0.29) is 6.61 Å². The lowest BCUT2D eigenvalue weighted by atomic mass is 9.91. The van der Waals surface area contributed by atoms with Crippen molar-refractivity contribution < 1.29 is 52.4 Å². The van der Waals surface area contributed by atoms with E-state index in [4.69, 9.17) is 34.2 Å². The Balaban J connectivity index is 3.57. The number of esters is 4. The average Bonchev–Trinajstić information content (AvgIpc) is 2.57. The van der Waals surface area contributed by atoms with Gasteiger partial charge in [0.25, 0.3) is 11.7 Å². The number of rotatable bonds is 8. The molecule has 1 saturated heterocycles. The van der Waals surface area contributed by atoms with Gasteiger partial charge >= 0.3 is 23.9 Å². The van der Waals surface area contributed by atoms with Crippen molar-refractivity contribution in [2.75, 3.05) is 13.2 Å². The Bertz CT molecular complexity index is 664. The second-order valence-corrected chi connectivity index (χ2v) is 6.10. The normalized spacial score (nSPS) is 28.7. The molecule has 0 bridgehead atoms. The van der Waals surface area contributed by atoms with Crippen molar-refractivity contribution in [1.29, 1.82) is 0 Å². The van der Waals surface area contributed by atoms with E-state index in [1.165, 1.54) is 6.92 Å². The van der Waals surface area contributed by atoms with E-state index >= 15 is 0 Å². The molecule has 1 fully saturated rings. The predicted molar refractivity (Wildman–Crippen MR) is 91.7 cm³/mol. The van der Waals surface area contributed by atoms with Crippen molar-refractivity contribution >= 4 is 29.8 Å². The Labute approximate surface area is 166 Å². The maximum atomic E-state index is 12.3. The van der Waals surface area contributed by atoms with Crippen LogP contribution in [0.1, 0.15) is 34.6 Å². The maximum Gasteiger partial charge on any atom is 0.303 e. The second kappa shape index (κ2) is 10.2. The number of hydrogen-bond donors (Lipinski definition) is 1. The molecule has 12 nitrogen and oxygen atoms in total. The number of ether oxygens (including phenoxy) is 6. The third kappa shape index (κ3) is 6.12. The molecule has 1 amide bonds. The van der Waals surface area contributed by atoms with Gasteiger partial charge in [0.05, 0.1) is 0 Å². The molecule has 1 aliphatic heterocycles. The Morgan fingerprint density at radius 3 is 1.79 bits per heavy atom. The first kappa shape index (κ1) is 24.3. The average molecular weight is 419 g/mol. The summed E-state index contributed by atoms with van der Waals surface area (Å²) in [4.78, 5) is 58.6. The summed E-state index contributed by atoms with van der Waals surface area (Å²) < 4.78 is 31.5. The Kier molecular flexibility index (Phi) is 8.52. The van der Waals surface area contributed by atoms with E-state index in [2.05, 4.69) is 0 Å². The summed E-state index contributed by atoms with van der Waals surface area (Å²) in [6, 6.07) is 0. The van der Waals surface area contributed by atoms with Gasteiger partial charge in [0.2, 0.25) is 6.10 Å². The van der Waals surface area contributed by atoms with Crippen LogP contribution in [0.3, 0.4) is 0 Å². The van der Waals surface area contributed by atoms with E-state index in [9.17, 15) is 24.0 Å². The summed E-state index contributed by atoms with van der Waals surface area (Å²) >= 11 is 0. The van der Waals surface area contributed by atoms with Crippen LogP contribution in [-0.2, 0) is 52.4 Å². The SMILES string of the molecule is CCO[C@]1(C(N)=O)O[C@H](COC(C)=O)[C@H](OC(C)=O)[C@H](OC(C)=O)[C@H]1OC(C)=O. The molecule has 5 atom stereocenters. The number of hydrogen-bond acceptors (Lipinski definition) is 11. The number of carbonyl (C=O) groups is 5. The van der Waals surface area contributed by atoms with Gasteiger partial charge in [0.1, 0.15) is 12.7 Å². The highest BCUT2D eigenvalue weighted by Gasteiger charge is 2.64. The van der Waals surface area contributed by atoms with Crippen molar-refractivity contribution in [2.24, 2.45) is 5.73 Å². The first-order chi connectivity index (χ1) is 13.4. The minimum Gasteiger partial charge on any atom is -0.463 e. The van der Waals surface area contributed by atoms with Gasteiger partial charge in [0, 0.05) is 34.3 Å². The predicted octanol–water partition coefficient (Wildman–Crippen LogP) is -1.04. The van der Waals surface area contributed by atoms with Crippen molar-refractivity contribution in [3.05, 3.63) is 0 Å². The lowest BCUT2D eigenvalue weighted by molar-refractivity contribution is -0.346. The number of nitrogens with two attached hydrogens (primary N) is 1. The lowest BCUT2D eigenvalue weighted by Gasteiger charge is -2.48. The zero-order chi connectivity index (χ0) is 22.4. The Hall–Kier alpha value is -2.73. The molecule has 0 spiro atoms. The number of amides is 1. The fraction of sp³-hybridized carbons (Fsp3) is 0.706. The molecule has 0 saturated carbocycles. The molecule has 0 aromatic carbocycles. The first-order valence-corrected chi connectivity index (χ1v) is 8.71. The maximum absolute atomic E-state index is 12.3. The monoisotopic (exact) mass is 419 g/mol. The van der Waals surface area contributed by atoms with Crippen LogP contribution in [-0.4, -0.2) is 73.2 Å². The van der Waals surface area contributed by atoms with Gasteiger partial charge in [-0.2, -0.15) is 0 Å². The Morgan fingerprint density at radius 2 is 1.38 bits per heavy atom. The third-order valence-electron chi connectivity index (χ3n) is 3.74. The van der Waals surface area contributed by atoms with Crippen molar-refractivity contribution in [1.82, 2.24) is 0 Å². The molecule has 1 aliphatic rings. The molecule has 164 valence electrons. The van der Waals surface area contributed by atoms with Crippen LogP contribution >= 0.6 is 0 Å². The summed E-state index contributed by atoms with van der Waals surface area (Å²) in [7, 11) is 0. The molecule has 12 heteroatoms. The number of carbonyl (C=O) groups excluding carboxylic acids is 5. The van der Waals surface area contributed by atoms with E-state index in [1.807, 2.05) is 0 Å². The van der Waals surface area contributed by atoms with E-state index in [1.54, 1.807) is 0 Å². The fourth-order valence-corrected chi connectivity index (χ4v) is 2.87. The molecule has 1 rings (SSSR count). The molecule has 1 heterocycles. The molecular formula is C17H25NO11. The molecule has 0 aromatic heterocycles. The zero-order valence-corrected chi connectivity index (χ0v) is 16.8. The van der Waals surface area contributed by atoms with Gasteiger partial charge in [-0.15, -0.1) is 0 Å². The highest BCUT2D eigenvalue weighted by Crippen LogP contribution is 2.37. The minimum atomic E-state index is -2.40. The van der Waals surface area contributed by atoms with Gasteiger partial charge in [-0.05, 0) is 6.92 Å². The van der Waals surface area contributed by atoms with Crippen LogP contribution in [0.25, 0.3) is 0 Å². The topological polar surface area (TPSA) is 167 Å². The quantitative estimate of drug-likeness (QED) is 0.377. The summed E-state index contributed by atoms with van der Waals surface area (Å²) in [5.74, 6) is -6.80. The zero-order valence-electron chi connectivity index (χ0n) is 16.8. The highest BCUT2D eigenvalue weighted by atomic mass is 16.8.